The van der Waals surface area contributed by atoms with Gasteiger partial charge < -0.3 is 29.5 Å². The van der Waals surface area contributed by atoms with Gasteiger partial charge in [-0.3, -0.25) is 9.36 Å². The van der Waals surface area contributed by atoms with Crippen LogP contribution < -0.4 is 9.80 Å². The van der Waals surface area contributed by atoms with Gasteiger partial charge in [0.2, 0.25) is 0 Å². The fraction of sp³-hybridized carbons (Fsp3) is 0.500. The summed E-state index contributed by atoms with van der Waals surface area (Å²) in [5, 5.41) is 18.9. The third-order valence-electron chi connectivity index (χ3n) is 11.4. The van der Waals surface area contributed by atoms with Gasteiger partial charge in [-0.2, -0.15) is 10.2 Å². The van der Waals surface area contributed by atoms with Crippen molar-refractivity contribution in [3.63, 3.8) is 0 Å². The van der Waals surface area contributed by atoms with Gasteiger partial charge in [-0.15, -0.1) is 0 Å². The summed E-state index contributed by atoms with van der Waals surface area (Å²) < 4.78 is 33.2. The summed E-state index contributed by atoms with van der Waals surface area (Å²) in [5.74, 6) is 0.0434. The van der Waals surface area contributed by atoms with Crippen LogP contribution in [0.25, 0.3) is 11.1 Å². The van der Waals surface area contributed by atoms with E-state index in [0.717, 1.165) is 125 Å². The lowest BCUT2D eigenvalue weighted by atomic mass is 9.92. The number of carbonyl (C=O) groups excluding carboxylic acids is 1. The number of alkyl halides is 2. The second-order valence-corrected chi connectivity index (χ2v) is 14.8. The number of anilines is 3. The quantitative estimate of drug-likeness (QED) is 0.214. The van der Waals surface area contributed by atoms with Crippen molar-refractivity contribution in [1.29, 1.82) is 0 Å². The van der Waals surface area contributed by atoms with Gasteiger partial charge in [0.05, 0.1) is 17.8 Å². The molecule has 0 unspecified atom stereocenters. The van der Waals surface area contributed by atoms with Crippen molar-refractivity contribution in [2.45, 2.75) is 76.9 Å². The minimum Gasteiger partial charge on any atom is -0.478 e. The maximum Gasteiger partial charge on any atom is 0.335 e. The molecule has 282 valence electrons. The molecule has 0 aliphatic carbocycles. The number of aryl methyl sites for hydroxylation is 2. The zero-order chi connectivity index (χ0) is 37.2. The van der Waals surface area contributed by atoms with Crippen LogP contribution in [0.5, 0.6) is 0 Å². The molecular formula is C40H50F2N8O3. The zero-order valence-corrected chi connectivity index (χ0v) is 30.9. The molecule has 11 nitrogen and oxygen atoms in total. The lowest BCUT2D eigenvalue weighted by molar-refractivity contribution is -0.106. The average molecular weight is 729 g/mol. The molecule has 0 spiro atoms. The summed E-state index contributed by atoms with van der Waals surface area (Å²) in [6.45, 7) is 8.00. The van der Waals surface area contributed by atoms with E-state index in [1.807, 2.05) is 25.2 Å². The average Bonchev–Trinajstić information content (AvgIpc) is 3.78. The molecule has 8 rings (SSSR count). The number of nitrogens with zero attached hydrogens (tertiary/aromatic N) is 8. The first-order valence-corrected chi connectivity index (χ1v) is 18.9. The molecule has 0 amide bonds. The summed E-state index contributed by atoms with van der Waals surface area (Å²) in [6, 6.07) is 11.8. The Morgan fingerprint density at radius 1 is 0.943 bits per heavy atom. The van der Waals surface area contributed by atoms with E-state index in [2.05, 4.69) is 36.4 Å². The number of carboxylic acids is 1. The number of carbonyl (C=O) groups is 2. The molecule has 0 atom stereocenters. The van der Waals surface area contributed by atoms with Crippen molar-refractivity contribution in [3.05, 3.63) is 76.7 Å². The van der Waals surface area contributed by atoms with E-state index in [9.17, 15) is 18.7 Å². The third kappa shape index (κ3) is 7.59. The lowest BCUT2D eigenvalue weighted by Gasteiger charge is -2.42. The molecule has 2 fully saturated rings. The monoisotopic (exact) mass is 728 g/mol. The summed E-state index contributed by atoms with van der Waals surface area (Å²) in [6.07, 6.45) is 8.62. The predicted molar refractivity (Wildman–Crippen MR) is 201 cm³/mol. The largest absolute Gasteiger partial charge is 0.478 e. The van der Waals surface area contributed by atoms with Crippen LogP contribution in [-0.4, -0.2) is 99.1 Å². The van der Waals surface area contributed by atoms with Crippen LogP contribution in [0, 0.1) is 0 Å². The van der Waals surface area contributed by atoms with Crippen LogP contribution in [-0.2, 0) is 31.2 Å². The Kier molecular flexibility index (Phi) is 10.9. The molecule has 4 aromatic rings. The fourth-order valence-electron chi connectivity index (χ4n) is 8.74. The molecule has 1 N–H and O–H groups in total. The van der Waals surface area contributed by atoms with Gasteiger partial charge in [0.1, 0.15) is 6.29 Å². The Morgan fingerprint density at radius 2 is 1.64 bits per heavy atom. The molecule has 2 saturated heterocycles. The van der Waals surface area contributed by atoms with Gasteiger partial charge in [-0.05, 0) is 100 Å². The minimum absolute atomic E-state index is 0.0448. The van der Waals surface area contributed by atoms with E-state index in [1.165, 1.54) is 18.2 Å². The number of fused-ring (bicyclic) bond motifs is 2. The van der Waals surface area contributed by atoms with Crippen molar-refractivity contribution in [2.24, 2.45) is 7.05 Å². The van der Waals surface area contributed by atoms with Crippen LogP contribution in [0.1, 0.15) is 84.2 Å². The number of benzene rings is 2. The smallest absolute Gasteiger partial charge is 0.335 e. The van der Waals surface area contributed by atoms with Crippen molar-refractivity contribution >= 4 is 29.4 Å². The van der Waals surface area contributed by atoms with E-state index in [-0.39, 0.29) is 5.56 Å². The topological polar surface area (TPSA) is 103 Å². The highest BCUT2D eigenvalue weighted by Crippen LogP contribution is 2.43. The van der Waals surface area contributed by atoms with E-state index < -0.39 is 12.4 Å². The van der Waals surface area contributed by atoms with Crippen molar-refractivity contribution < 1.29 is 23.5 Å². The first-order valence-electron chi connectivity index (χ1n) is 18.9. The molecule has 4 aliphatic heterocycles. The van der Waals surface area contributed by atoms with Crippen LogP contribution in [0.15, 0.2) is 48.8 Å². The zero-order valence-electron chi connectivity index (χ0n) is 30.9. The van der Waals surface area contributed by atoms with Crippen molar-refractivity contribution in [2.75, 3.05) is 56.1 Å². The molecule has 0 radical (unpaired) electrons. The van der Waals surface area contributed by atoms with Crippen molar-refractivity contribution in [3.8, 4) is 11.1 Å². The first-order chi connectivity index (χ1) is 25.6. The van der Waals surface area contributed by atoms with Gasteiger partial charge in [-0.25, -0.2) is 13.6 Å². The number of hydrogen-bond acceptors (Lipinski definition) is 8. The number of hydrogen-bond donors (Lipinski definition) is 1. The number of aromatic nitrogens is 4. The Morgan fingerprint density at radius 3 is 2.28 bits per heavy atom. The first kappa shape index (κ1) is 36.7. The van der Waals surface area contributed by atoms with E-state index in [0.29, 0.717) is 23.2 Å². The van der Waals surface area contributed by atoms with Crippen LogP contribution in [0.2, 0.25) is 0 Å². The Bertz CT molecular complexity index is 1910. The standard InChI is InChI=1S/C38H46F2N8O2.C2H4O/c1-43-15-13-34-33(24-43)37(47-14-3-4-26-20-31(27-22-41-44(2)23-27)32(36(39)40)21-35(26)47)42-48(34)30-11-18-46(19-12-30)29-9-16-45(17-10-29)28-7-5-25(6-8-28)38(49)50;1-2-3/h5-8,20-23,29-30,36H,3-4,9-19,24H2,1-2H3,(H,49,50);2H,1H3. The van der Waals surface area contributed by atoms with Gasteiger partial charge in [0.25, 0.3) is 6.43 Å². The molecule has 0 bridgehead atoms. The summed E-state index contributed by atoms with van der Waals surface area (Å²) in [7, 11) is 3.96. The highest BCUT2D eigenvalue weighted by atomic mass is 19.3. The second-order valence-electron chi connectivity index (χ2n) is 14.8. The third-order valence-corrected chi connectivity index (χ3v) is 11.4. The van der Waals surface area contributed by atoms with Crippen LogP contribution in [0.3, 0.4) is 0 Å². The number of aromatic carboxylic acids is 1. The molecule has 2 aromatic heterocycles. The molecule has 13 heteroatoms. The number of halogens is 2. The maximum atomic E-state index is 14.6. The normalized spacial score (nSPS) is 18.8. The van der Waals surface area contributed by atoms with E-state index >= 15 is 0 Å². The van der Waals surface area contributed by atoms with Crippen LogP contribution in [0.4, 0.5) is 26.0 Å². The van der Waals surface area contributed by atoms with Gasteiger partial charge in [0.15, 0.2) is 5.82 Å². The molecule has 2 aromatic carbocycles. The molecular weight excluding hydrogens is 678 g/mol. The second kappa shape index (κ2) is 15.8. The molecule has 4 aliphatic rings. The van der Waals surface area contributed by atoms with Gasteiger partial charge >= 0.3 is 5.97 Å². The van der Waals surface area contributed by atoms with Gasteiger partial charge in [-0.1, -0.05) is 0 Å². The summed E-state index contributed by atoms with van der Waals surface area (Å²) >= 11 is 0. The Hall–Kier alpha value is -4.62. The number of likely N-dealkylation sites (N-methyl/N-ethyl adjacent to an activating group) is 1. The Labute approximate surface area is 309 Å². The molecule has 6 heterocycles. The van der Waals surface area contributed by atoms with Crippen molar-refractivity contribution in [1.82, 2.24) is 29.4 Å². The highest BCUT2D eigenvalue weighted by Gasteiger charge is 2.35. The van der Waals surface area contributed by atoms with Crippen LogP contribution >= 0.6 is 0 Å². The maximum absolute atomic E-state index is 14.6. The highest BCUT2D eigenvalue weighted by molar-refractivity contribution is 5.88. The number of carboxylic acid groups (broad SMARTS) is 1. The number of aldehydes is 1. The van der Waals surface area contributed by atoms with Gasteiger partial charge in [0, 0.05) is 105 Å². The van der Waals surface area contributed by atoms with E-state index in [4.69, 9.17) is 9.89 Å². The summed E-state index contributed by atoms with van der Waals surface area (Å²) in [5.41, 5.74) is 7.24. The lowest BCUT2D eigenvalue weighted by Crippen LogP contribution is -2.48. The Balaban J connectivity index is 0.00000140. The number of rotatable bonds is 7. The summed E-state index contributed by atoms with van der Waals surface area (Å²) in [4.78, 5) is 29.7. The fourth-order valence-corrected chi connectivity index (χ4v) is 8.74. The van der Waals surface area contributed by atoms with E-state index in [1.54, 1.807) is 35.3 Å². The number of likely N-dealkylation sites (tertiary alicyclic amines) is 1. The number of piperidine rings is 2. The SMILES string of the molecule is CC=O.CN1CCc2c(c(N3CCCc4cc(-c5cnn(C)c5)c(C(F)F)cc43)nn2C2CCN(C3CCN(c4ccc(C(=O)O)cc4)CC3)CC2)C1. The predicted octanol–water partition coefficient (Wildman–Crippen LogP) is 6.50. The molecule has 0 saturated carbocycles. The molecule has 53 heavy (non-hydrogen) atoms. The minimum atomic E-state index is -2.60.